The van der Waals surface area contributed by atoms with E-state index in [4.69, 9.17) is 0 Å². The Morgan fingerprint density at radius 3 is 1.88 bits per heavy atom. The lowest BCUT2D eigenvalue weighted by Gasteiger charge is -2.15. The monoisotopic (exact) mass is 306 g/mol. The molecule has 0 aromatic heterocycles. The van der Waals surface area contributed by atoms with Gasteiger partial charge in [-0.3, -0.25) is 0 Å². The van der Waals surface area contributed by atoms with Gasteiger partial charge in [0, 0.05) is 0 Å². The largest absolute Gasteiger partial charge is 0.0613 e. The van der Waals surface area contributed by atoms with Crippen molar-refractivity contribution in [3.8, 4) is 0 Å². The Morgan fingerprint density at radius 2 is 1.21 bits per heavy atom. The van der Waals surface area contributed by atoms with Crippen molar-refractivity contribution in [1.82, 2.24) is 0 Å². The summed E-state index contributed by atoms with van der Waals surface area (Å²) in [6, 6.07) is 22.5. The van der Waals surface area contributed by atoms with Crippen LogP contribution in [-0.2, 0) is 12.8 Å². The lowest BCUT2D eigenvalue weighted by molar-refractivity contribution is 1.14. The van der Waals surface area contributed by atoms with Gasteiger partial charge in [0.1, 0.15) is 0 Å². The molecule has 0 fully saturated rings. The van der Waals surface area contributed by atoms with Crippen LogP contribution in [0.5, 0.6) is 0 Å². The molecule has 3 aromatic rings. The molecule has 5 rings (SSSR count). The van der Waals surface area contributed by atoms with E-state index in [1.165, 1.54) is 44.5 Å². The quantitative estimate of drug-likeness (QED) is 0.391. The first-order chi connectivity index (χ1) is 11.8. The van der Waals surface area contributed by atoms with Gasteiger partial charge >= 0.3 is 0 Å². The molecular formula is C24H18. The molecule has 0 amide bonds. The van der Waals surface area contributed by atoms with Gasteiger partial charge in [-0.05, 0) is 57.3 Å². The Kier molecular flexibility index (Phi) is 3.02. The van der Waals surface area contributed by atoms with Gasteiger partial charge in [0.15, 0.2) is 0 Å². The molecule has 0 unspecified atom stereocenters. The molecule has 2 aliphatic carbocycles. The molecule has 0 bridgehead atoms. The summed E-state index contributed by atoms with van der Waals surface area (Å²) in [6.07, 6.45) is 10.8. The highest BCUT2D eigenvalue weighted by atomic mass is 14.1. The summed E-state index contributed by atoms with van der Waals surface area (Å²) in [5.74, 6) is 0. The maximum Gasteiger partial charge on any atom is -0.00196 e. The van der Waals surface area contributed by atoms with Gasteiger partial charge in [-0.25, -0.2) is 0 Å². The second-order valence-corrected chi connectivity index (χ2v) is 6.72. The van der Waals surface area contributed by atoms with E-state index in [0.717, 1.165) is 12.8 Å². The molecule has 0 spiro atoms. The van der Waals surface area contributed by atoms with Crippen LogP contribution in [-0.4, -0.2) is 0 Å². The normalized spacial score (nSPS) is 13.0. The Labute approximate surface area is 142 Å². The van der Waals surface area contributed by atoms with Crippen molar-refractivity contribution in [2.75, 3.05) is 0 Å². The van der Waals surface area contributed by atoms with Gasteiger partial charge in [-0.2, -0.15) is 0 Å². The van der Waals surface area contributed by atoms with E-state index >= 15 is 0 Å². The van der Waals surface area contributed by atoms with Gasteiger partial charge in [0.2, 0.25) is 0 Å². The van der Waals surface area contributed by atoms with Crippen molar-refractivity contribution in [3.05, 3.63) is 105 Å². The topological polar surface area (TPSA) is 0 Å². The predicted octanol–water partition coefficient (Wildman–Crippen LogP) is 5.84. The molecule has 0 saturated heterocycles. The molecule has 0 radical (unpaired) electrons. The van der Waals surface area contributed by atoms with Crippen LogP contribution in [0.1, 0.15) is 44.5 Å². The average Bonchev–Trinajstić information content (AvgIpc) is 2.54. The Balaban J connectivity index is 1.32. The standard InChI is InChI=1S/C24H18/c1-2-21-12-13-24(21)23(3-1)15-18-6-4-17(5-7-18)14-19-8-9-20-10-11-22(20)16-19/h1-13,16H,14-15H2. The molecule has 24 heavy (non-hydrogen) atoms. The smallest absolute Gasteiger partial charge is 0.00196 e. The van der Waals surface area contributed by atoms with Crippen molar-refractivity contribution in [2.24, 2.45) is 0 Å². The lowest BCUT2D eigenvalue weighted by atomic mass is 9.89. The molecule has 0 heterocycles. The fourth-order valence-corrected chi connectivity index (χ4v) is 3.56. The highest BCUT2D eigenvalue weighted by molar-refractivity contribution is 5.87. The third-order valence-electron chi connectivity index (χ3n) is 5.08. The van der Waals surface area contributed by atoms with Crippen LogP contribution in [0, 0.1) is 0 Å². The maximum absolute atomic E-state index is 2.30. The summed E-state index contributed by atoms with van der Waals surface area (Å²) >= 11 is 0. The summed E-state index contributed by atoms with van der Waals surface area (Å²) in [4.78, 5) is 0. The minimum Gasteiger partial charge on any atom is -0.0613 e. The third-order valence-corrected chi connectivity index (χ3v) is 5.08. The number of hydrogen-bond acceptors (Lipinski definition) is 0. The van der Waals surface area contributed by atoms with Crippen LogP contribution in [0.25, 0.3) is 24.3 Å². The first kappa shape index (κ1) is 13.6. The Bertz CT molecular complexity index is 985. The molecule has 3 aromatic carbocycles. The van der Waals surface area contributed by atoms with E-state index in [0.29, 0.717) is 0 Å². The van der Waals surface area contributed by atoms with Crippen molar-refractivity contribution >= 4 is 24.3 Å². The molecular weight excluding hydrogens is 288 g/mol. The zero-order valence-corrected chi connectivity index (χ0v) is 13.5. The van der Waals surface area contributed by atoms with Gasteiger partial charge in [-0.15, -0.1) is 0 Å². The molecule has 0 saturated carbocycles. The molecule has 0 N–H and O–H groups in total. The number of hydrogen-bond donors (Lipinski definition) is 0. The lowest BCUT2D eigenvalue weighted by Crippen LogP contribution is -1.99. The molecule has 0 atom stereocenters. The second-order valence-electron chi connectivity index (χ2n) is 6.72. The summed E-state index contributed by atoms with van der Waals surface area (Å²) in [5.41, 5.74) is 11.1. The molecule has 0 heteroatoms. The predicted molar refractivity (Wildman–Crippen MR) is 103 cm³/mol. The van der Waals surface area contributed by atoms with Crippen molar-refractivity contribution < 1.29 is 0 Å². The van der Waals surface area contributed by atoms with E-state index < -0.39 is 0 Å². The van der Waals surface area contributed by atoms with Crippen LogP contribution in [0.15, 0.2) is 60.7 Å². The van der Waals surface area contributed by atoms with Gasteiger partial charge in [-0.1, -0.05) is 85.0 Å². The summed E-state index contributed by atoms with van der Waals surface area (Å²) in [5, 5.41) is 0. The minimum absolute atomic E-state index is 1.00. The summed E-state index contributed by atoms with van der Waals surface area (Å²) in [6.45, 7) is 0. The van der Waals surface area contributed by atoms with E-state index in [1.807, 2.05) is 0 Å². The maximum atomic E-state index is 2.30. The van der Waals surface area contributed by atoms with Gasteiger partial charge in [0.05, 0.1) is 0 Å². The molecule has 0 aliphatic heterocycles. The second kappa shape index (κ2) is 5.35. The summed E-state index contributed by atoms with van der Waals surface area (Å²) in [7, 11) is 0. The van der Waals surface area contributed by atoms with E-state index in [2.05, 4.69) is 85.0 Å². The molecule has 0 nitrogen and oxygen atoms in total. The SMILES string of the molecule is C1=Cc2cc(Cc3ccc(Cc4cccc5c4C=C5)cc3)ccc21. The van der Waals surface area contributed by atoms with Crippen LogP contribution in [0.4, 0.5) is 0 Å². The number of fused-ring (bicyclic) bond motifs is 2. The average molecular weight is 306 g/mol. The highest BCUT2D eigenvalue weighted by Crippen LogP contribution is 2.29. The van der Waals surface area contributed by atoms with E-state index in [-0.39, 0.29) is 0 Å². The zero-order valence-electron chi connectivity index (χ0n) is 13.5. The first-order valence-electron chi connectivity index (χ1n) is 8.54. The molecule has 2 aliphatic rings. The Hall–Kier alpha value is -2.86. The fourth-order valence-electron chi connectivity index (χ4n) is 3.56. The number of rotatable bonds is 4. The third kappa shape index (κ3) is 2.32. The van der Waals surface area contributed by atoms with Crippen LogP contribution >= 0.6 is 0 Å². The van der Waals surface area contributed by atoms with Crippen molar-refractivity contribution in [2.45, 2.75) is 12.8 Å². The Morgan fingerprint density at radius 1 is 0.500 bits per heavy atom. The molecule has 114 valence electrons. The fraction of sp³-hybridized carbons (Fsp3) is 0.0833. The van der Waals surface area contributed by atoms with E-state index in [9.17, 15) is 0 Å². The van der Waals surface area contributed by atoms with Crippen LogP contribution < -0.4 is 0 Å². The minimum atomic E-state index is 1.00. The summed E-state index contributed by atoms with van der Waals surface area (Å²) < 4.78 is 0. The highest BCUT2D eigenvalue weighted by Gasteiger charge is 2.10. The van der Waals surface area contributed by atoms with Crippen molar-refractivity contribution in [3.63, 3.8) is 0 Å². The van der Waals surface area contributed by atoms with Gasteiger partial charge < -0.3 is 0 Å². The van der Waals surface area contributed by atoms with Gasteiger partial charge in [0.25, 0.3) is 0 Å². The van der Waals surface area contributed by atoms with E-state index in [1.54, 1.807) is 0 Å². The zero-order chi connectivity index (χ0) is 15.9. The van der Waals surface area contributed by atoms with Crippen molar-refractivity contribution in [1.29, 1.82) is 0 Å². The van der Waals surface area contributed by atoms with Crippen LogP contribution in [0.2, 0.25) is 0 Å². The first-order valence-corrected chi connectivity index (χ1v) is 8.54. The van der Waals surface area contributed by atoms with Crippen LogP contribution in [0.3, 0.4) is 0 Å². The number of benzene rings is 3.